The first-order valence-electron chi connectivity index (χ1n) is 12.3. The van der Waals surface area contributed by atoms with Gasteiger partial charge >= 0.3 is 0 Å². The number of aliphatic hydroxyl groups excluding tert-OH is 1. The summed E-state index contributed by atoms with van der Waals surface area (Å²) in [6.45, 7) is 11.3. The van der Waals surface area contributed by atoms with Gasteiger partial charge < -0.3 is 24.5 Å². The zero-order valence-electron chi connectivity index (χ0n) is 20.3. The molecule has 0 radical (unpaired) electrons. The summed E-state index contributed by atoms with van der Waals surface area (Å²) in [6.07, 6.45) is 6.26. The monoisotopic (exact) mass is 539 g/mol. The van der Waals surface area contributed by atoms with E-state index in [0.29, 0.717) is 45.4 Å². The van der Waals surface area contributed by atoms with E-state index in [1.54, 1.807) is 33.9 Å². The molecule has 3 fully saturated rings. The molecule has 9 heteroatoms. The predicted octanol–water partition coefficient (Wildman–Crippen LogP) is 1.97. The lowest BCUT2D eigenvalue weighted by Gasteiger charge is -2.37. The number of alkyl halides is 1. The molecule has 190 valence electrons. The van der Waals surface area contributed by atoms with Crippen LogP contribution in [0.3, 0.4) is 0 Å². The molecule has 0 aliphatic carbocycles. The Kier molecular flexibility index (Phi) is 8.98. The maximum absolute atomic E-state index is 14.0. The quantitative estimate of drug-likeness (QED) is 0.219. The lowest BCUT2D eigenvalue weighted by molar-refractivity contribution is -0.148. The molecular weight excluding hydrogens is 502 g/mol. The number of fused-ring (bicyclic) bond motifs is 1. The maximum atomic E-state index is 14.0. The van der Waals surface area contributed by atoms with Crippen LogP contribution >= 0.6 is 15.9 Å². The van der Waals surface area contributed by atoms with Crippen molar-refractivity contribution in [2.45, 2.75) is 61.6 Å². The predicted molar refractivity (Wildman–Crippen MR) is 133 cm³/mol. The van der Waals surface area contributed by atoms with E-state index in [1.165, 1.54) is 0 Å². The van der Waals surface area contributed by atoms with E-state index in [9.17, 15) is 19.5 Å². The van der Waals surface area contributed by atoms with Gasteiger partial charge in [-0.05, 0) is 25.7 Å². The summed E-state index contributed by atoms with van der Waals surface area (Å²) in [7, 11) is 1.70. The number of nitrogens with zero attached hydrogens (tertiary/aromatic N) is 3. The van der Waals surface area contributed by atoms with Crippen molar-refractivity contribution in [2.24, 2.45) is 11.8 Å². The van der Waals surface area contributed by atoms with Crippen LogP contribution in [0, 0.1) is 11.8 Å². The number of likely N-dealkylation sites (tertiary alicyclic amines) is 1. The van der Waals surface area contributed by atoms with Gasteiger partial charge in [0.1, 0.15) is 11.6 Å². The van der Waals surface area contributed by atoms with Gasteiger partial charge in [0.05, 0.1) is 17.9 Å². The van der Waals surface area contributed by atoms with Crippen LogP contribution in [0.1, 0.15) is 39.0 Å². The second-order valence-electron chi connectivity index (χ2n) is 9.56. The summed E-state index contributed by atoms with van der Waals surface area (Å²) in [5.41, 5.74) is -1.05. The van der Waals surface area contributed by atoms with E-state index in [4.69, 9.17) is 4.74 Å². The highest BCUT2D eigenvalue weighted by atomic mass is 79.9. The number of hydrogen-bond acceptors (Lipinski definition) is 5. The second kappa shape index (κ2) is 11.4. The van der Waals surface area contributed by atoms with Crippen LogP contribution in [-0.4, -0.2) is 99.9 Å². The fourth-order valence-corrected chi connectivity index (χ4v) is 6.78. The van der Waals surface area contributed by atoms with Gasteiger partial charge in [0.25, 0.3) is 0 Å². The number of rotatable bonds is 13. The summed E-state index contributed by atoms with van der Waals surface area (Å²) < 4.78 is 6.53. The number of amides is 3. The van der Waals surface area contributed by atoms with E-state index in [-0.39, 0.29) is 29.2 Å². The number of carbonyl (C=O) groups is 3. The third-order valence-corrected chi connectivity index (χ3v) is 8.18. The summed E-state index contributed by atoms with van der Waals surface area (Å²) in [5, 5.41) is 9.28. The molecule has 3 aliphatic heterocycles. The van der Waals surface area contributed by atoms with E-state index in [0.717, 1.165) is 12.8 Å². The first-order chi connectivity index (χ1) is 16.3. The van der Waals surface area contributed by atoms with E-state index in [1.807, 2.05) is 0 Å². The van der Waals surface area contributed by atoms with Gasteiger partial charge in [0.15, 0.2) is 0 Å². The molecule has 6 atom stereocenters. The Morgan fingerprint density at radius 3 is 2.56 bits per heavy atom. The minimum Gasteiger partial charge on any atom is -0.396 e. The molecule has 2 bridgehead atoms. The molecule has 0 aromatic rings. The lowest BCUT2D eigenvalue weighted by atomic mass is 9.70. The first kappa shape index (κ1) is 26.9. The molecule has 3 heterocycles. The average molecular weight is 540 g/mol. The largest absolute Gasteiger partial charge is 0.396 e. The Bertz CT molecular complexity index is 807. The van der Waals surface area contributed by atoms with Crippen molar-refractivity contribution in [3.8, 4) is 0 Å². The standard InChI is InChI=1S/C25H38BrN3O5/c1-5-8-13-28(12-7-3)24(33)21-25-16-17(26)20(34-25)18(22(31)27(4)11-6-2)19(25)23(32)29(21)14-9-10-15-30/h6-7,17-21,30H,2-3,5,8-16H2,1,4H3/t17?,18-,19+,20-,21?,25?/m1/s1. The Balaban J connectivity index is 2.02. The van der Waals surface area contributed by atoms with Crippen LogP contribution in [0.2, 0.25) is 0 Å². The minimum atomic E-state index is -1.05. The smallest absolute Gasteiger partial charge is 0.248 e. The van der Waals surface area contributed by atoms with Gasteiger partial charge in [-0.25, -0.2) is 0 Å². The summed E-state index contributed by atoms with van der Waals surface area (Å²) >= 11 is 3.69. The van der Waals surface area contributed by atoms with E-state index >= 15 is 0 Å². The number of likely N-dealkylation sites (N-methyl/N-ethyl adjacent to an activating group) is 1. The number of carbonyl (C=O) groups excluding carboxylic acids is 3. The molecular formula is C25H38BrN3O5. The summed E-state index contributed by atoms with van der Waals surface area (Å²) in [6, 6.07) is -0.798. The molecule has 34 heavy (non-hydrogen) atoms. The Morgan fingerprint density at radius 2 is 1.94 bits per heavy atom. The van der Waals surface area contributed by atoms with Crippen molar-refractivity contribution in [3.05, 3.63) is 25.3 Å². The third-order valence-electron chi connectivity index (χ3n) is 7.34. The van der Waals surface area contributed by atoms with Crippen LogP contribution in [0.15, 0.2) is 25.3 Å². The Labute approximate surface area is 211 Å². The molecule has 3 aliphatic rings. The van der Waals surface area contributed by atoms with Crippen LogP contribution < -0.4 is 0 Å². The third kappa shape index (κ3) is 4.58. The van der Waals surface area contributed by atoms with Crippen molar-refractivity contribution in [2.75, 3.05) is 39.8 Å². The van der Waals surface area contributed by atoms with E-state index < -0.39 is 29.6 Å². The SMILES string of the molecule is C=CCN(C)C(=O)[C@H]1[C@@H]2OC3(CC2Br)C(C(=O)N(CC=C)CCCC)N(CCCCO)C(=O)[C@H]13. The number of aliphatic hydroxyl groups is 1. The molecule has 3 saturated heterocycles. The van der Waals surface area contributed by atoms with Crippen LogP contribution in [0.5, 0.6) is 0 Å². The highest BCUT2D eigenvalue weighted by Gasteiger charge is 2.76. The normalized spacial score (nSPS) is 31.5. The molecule has 3 rings (SSSR count). The lowest BCUT2D eigenvalue weighted by Crippen LogP contribution is -2.57. The number of unbranched alkanes of at least 4 members (excludes halogenated alkanes) is 2. The second-order valence-corrected chi connectivity index (χ2v) is 10.7. The molecule has 3 amide bonds. The van der Waals surface area contributed by atoms with Crippen LogP contribution in [0.25, 0.3) is 0 Å². The zero-order valence-corrected chi connectivity index (χ0v) is 21.9. The number of hydrogen-bond donors (Lipinski definition) is 1. The van der Waals surface area contributed by atoms with Gasteiger partial charge in [-0.1, -0.05) is 41.4 Å². The molecule has 0 aromatic carbocycles. The Morgan fingerprint density at radius 1 is 1.24 bits per heavy atom. The molecule has 1 N–H and O–H groups in total. The summed E-state index contributed by atoms with van der Waals surface area (Å²) in [5.74, 6) is -1.87. The fourth-order valence-electron chi connectivity index (χ4n) is 5.83. The van der Waals surface area contributed by atoms with Gasteiger partial charge in [-0.2, -0.15) is 0 Å². The van der Waals surface area contributed by atoms with Crippen molar-refractivity contribution in [1.82, 2.24) is 14.7 Å². The topological polar surface area (TPSA) is 90.4 Å². The van der Waals surface area contributed by atoms with Crippen molar-refractivity contribution in [3.63, 3.8) is 0 Å². The van der Waals surface area contributed by atoms with Gasteiger partial charge in [-0.15, -0.1) is 13.2 Å². The number of ether oxygens (including phenoxy) is 1. The zero-order chi connectivity index (χ0) is 25.0. The van der Waals surface area contributed by atoms with Gasteiger partial charge in [-0.3, -0.25) is 14.4 Å². The van der Waals surface area contributed by atoms with Crippen LogP contribution in [-0.2, 0) is 19.1 Å². The minimum absolute atomic E-state index is 0.0177. The molecule has 3 unspecified atom stereocenters. The first-order valence-corrected chi connectivity index (χ1v) is 13.2. The van der Waals surface area contributed by atoms with Crippen molar-refractivity contribution < 1.29 is 24.2 Å². The highest BCUT2D eigenvalue weighted by Crippen LogP contribution is 2.60. The molecule has 1 spiro atoms. The average Bonchev–Trinajstić information content (AvgIpc) is 3.39. The number of halogens is 1. The maximum Gasteiger partial charge on any atom is 0.248 e. The van der Waals surface area contributed by atoms with Gasteiger partial charge in [0, 0.05) is 44.7 Å². The molecule has 0 saturated carbocycles. The van der Waals surface area contributed by atoms with Gasteiger partial charge in [0.2, 0.25) is 17.7 Å². The van der Waals surface area contributed by atoms with Crippen LogP contribution in [0.4, 0.5) is 0 Å². The van der Waals surface area contributed by atoms with Crippen molar-refractivity contribution in [1.29, 1.82) is 0 Å². The summed E-state index contributed by atoms with van der Waals surface area (Å²) in [4.78, 5) is 46.1. The van der Waals surface area contributed by atoms with E-state index in [2.05, 4.69) is 36.0 Å². The fraction of sp³-hybridized carbons (Fsp3) is 0.720. The Hall–Kier alpha value is -1.71. The molecule has 0 aromatic heterocycles. The highest BCUT2D eigenvalue weighted by molar-refractivity contribution is 9.09. The van der Waals surface area contributed by atoms with Crippen molar-refractivity contribution >= 4 is 33.7 Å². The molecule has 8 nitrogen and oxygen atoms in total.